The average molecular weight is 463 g/mol. The van der Waals surface area contributed by atoms with Gasteiger partial charge in [0, 0.05) is 11.8 Å². The van der Waals surface area contributed by atoms with E-state index in [0.717, 1.165) is 5.56 Å². The number of sulfonamides is 1. The van der Waals surface area contributed by atoms with Crippen LogP contribution in [0.3, 0.4) is 0 Å². The number of hydrogen-bond donors (Lipinski definition) is 2. The number of amides is 1. The molecule has 2 aromatic carbocycles. The molecule has 0 heterocycles. The molecule has 0 aliphatic heterocycles. The summed E-state index contributed by atoms with van der Waals surface area (Å²) in [7, 11) is -3.83. The summed E-state index contributed by atoms with van der Waals surface area (Å²) in [5.41, 5.74) is 1.28. The Morgan fingerprint density at radius 1 is 1.10 bits per heavy atom. The number of thioether (sulfide) groups is 1. The summed E-state index contributed by atoms with van der Waals surface area (Å²) < 4.78 is 32.6. The maximum absolute atomic E-state index is 12.8. The first-order valence-corrected chi connectivity index (χ1v) is 12.6. The van der Waals surface area contributed by atoms with E-state index in [1.807, 2.05) is 6.26 Å². The lowest BCUT2D eigenvalue weighted by atomic mass is 10.1. The molecule has 0 aromatic heterocycles. The molecule has 2 N–H and O–H groups in total. The Morgan fingerprint density at radius 3 is 2.39 bits per heavy atom. The Bertz CT molecular complexity index is 990. The zero-order chi connectivity index (χ0) is 22.7. The second kappa shape index (κ2) is 12.3. The van der Waals surface area contributed by atoms with Crippen LogP contribution in [0.2, 0.25) is 0 Å². The van der Waals surface area contributed by atoms with Gasteiger partial charge >= 0.3 is 5.97 Å². The van der Waals surface area contributed by atoms with Crippen LogP contribution in [-0.4, -0.2) is 45.0 Å². The number of nitrogens with one attached hydrogen (secondary N) is 2. The summed E-state index contributed by atoms with van der Waals surface area (Å²) in [6, 6.07) is 13.9. The highest BCUT2D eigenvalue weighted by Crippen LogP contribution is 2.14. The number of hydrogen-bond acceptors (Lipinski definition) is 6. The minimum atomic E-state index is -3.83. The van der Waals surface area contributed by atoms with Crippen molar-refractivity contribution in [2.24, 2.45) is 0 Å². The van der Waals surface area contributed by atoms with Crippen molar-refractivity contribution in [1.82, 2.24) is 4.72 Å². The summed E-state index contributed by atoms with van der Waals surface area (Å²) in [5, 5.41) is 2.75. The van der Waals surface area contributed by atoms with Crippen molar-refractivity contribution in [3.05, 3.63) is 66.2 Å². The van der Waals surface area contributed by atoms with Gasteiger partial charge in [0.15, 0.2) is 0 Å². The van der Waals surface area contributed by atoms with Crippen LogP contribution in [0, 0.1) is 0 Å². The van der Waals surface area contributed by atoms with Gasteiger partial charge in [-0.25, -0.2) is 13.2 Å². The van der Waals surface area contributed by atoms with E-state index in [1.54, 1.807) is 55.5 Å². The van der Waals surface area contributed by atoms with Crippen molar-refractivity contribution in [2.45, 2.75) is 24.3 Å². The number of esters is 1. The molecule has 166 valence electrons. The smallest absolute Gasteiger partial charge is 0.330 e. The first-order valence-electron chi connectivity index (χ1n) is 9.67. The maximum atomic E-state index is 12.8. The van der Waals surface area contributed by atoms with Crippen molar-refractivity contribution in [2.75, 3.05) is 23.9 Å². The molecule has 2 rings (SSSR count). The minimum absolute atomic E-state index is 0.106. The third-order valence-electron chi connectivity index (χ3n) is 4.15. The van der Waals surface area contributed by atoms with Crippen LogP contribution in [0.4, 0.5) is 5.69 Å². The van der Waals surface area contributed by atoms with Gasteiger partial charge in [-0.05, 0) is 61.3 Å². The molecule has 0 spiro atoms. The van der Waals surface area contributed by atoms with Gasteiger partial charge in [0.05, 0.1) is 11.5 Å². The largest absolute Gasteiger partial charge is 0.463 e. The molecule has 0 fully saturated rings. The normalized spacial score (nSPS) is 12.5. The van der Waals surface area contributed by atoms with Crippen LogP contribution >= 0.6 is 11.8 Å². The fourth-order valence-corrected chi connectivity index (χ4v) is 4.32. The molecular formula is C22H26N2O5S2. The van der Waals surface area contributed by atoms with Crippen LogP contribution in [0.1, 0.15) is 18.9 Å². The van der Waals surface area contributed by atoms with E-state index in [-0.39, 0.29) is 4.90 Å². The summed E-state index contributed by atoms with van der Waals surface area (Å²) in [5.74, 6) is -0.252. The number of anilines is 1. The number of ether oxygens (including phenoxy) is 1. The van der Waals surface area contributed by atoms with Crippen LogP contribution < -0.4 is 10.0 Å². The van der Waals surface area contributed by atoms with E-state index in [2.05, 4.69) is 10.0 Å². The molecule has 0 radical (unpaired) electrons. The van der Waals surface area contributed by atoms with E-state index in [0.29, 0.717) is 24.5 Å². The van der Waals surface area contributed by atoms with Crippen molar-refractivity contribution in [3.63, 3.8) is 0 Å². The molecule has 9 heteroatoms. The molecule has 0 aliphatic rings. The Kier molecular flexibility index (Phi) is 9.77. The summed E-state index contributed by atoms with van der Waals surface area (Å²) in [6.45, 7) is 2.04. The Labute approximate surface area is 187 Å². The molecule has 0 saturated carbocycles. The predicted molar refractivity (Wildman–Crippen MR) is 124 cm³/mol. The van der Waals surface area contributed by atoms with Crippen LogP contribution in [0.5, 0.6) is 0 Å². The Balaban J connectivity index is 2.07. The average Bonchev–Trinajstić information content (AvgIpc) is 2.77. The molecule has 2 aromatic rings. The monoisotopic (exact) mass is 462 g/mol. The second-order valence-corrected chi connectivity index (χ2v) is 9.16. The van der Waals surface area contributed by atoms with Crippen molar-refractivity contribution < 1.29 is 22.7 Å². The van der Waals surface area contributed by atoms with Crippen molar-refractivity contribution in [3.8, 4) is 0 Å². The highest BCUT2D eigenvalue weighted by atomic mass is 32.2. The molecule has 31 heavy (non-hydrogen) atoms. The first-order chi connectivity index (χ1) is 14.9. The lowest BCUT2D eigenvalue weighted by molar-refractivity contribution is -0.137. The SMILES string of the molecule is CCOC(=O)/C=C/c1ccc(NC(=O)C(CCSC)NS(=O)(=O)c2ccccc2)cc1. The first kappa shape index (κ1) is 24.6. The van der Waals surface area contributed by atoms with Gasteiger partial charge in [-0.1, -0.05) is 30.3 Å². The lowest BCUT2D eigenvalue weighted by Gasteiger charge is -2.18. The zero-order valence-electron chi connectivity index (χ0n) is 17.4. The standard InChI is InChI=1S/C22H26N2O5S2/c1-3-29-21(25)14-11-17-9-12-18(13-10-17)23-22(26)20(15-16-30-2)24-31(27,28)19-7-5-4-6-8-19/h4-14,20,24H,3,15-16H2,1-2H3,(H,23,26)/b14-11+. The lowest BCUT2D eigenvalue weighted by Crippen LogP contribution is -2.44. The Morgan fingerprint density at radius 2 is 1.77 bits per heavy atom. The molecule has 1 unspecified atom stereocenters. The number of rotatable bonds is 11. The van der Waals surface area contributed by atoms with Gasteiger partial charge < -0.3 is 10.1 Å². The van der Waals surface area contributed by atoms with Gasteiger partial charge in [-0.15, -0.1) is 0 Å². The van der Waals surface area contributed by atoms with Crippen LogP contribution in [-0.2, 0) is 24.3 Å². The van der Waals surface area contributed by atoms with Gasteiger partial charge in [-0.3, -0.25) is 4.79 Å². The molecule has 7 nitrogen and oxygen atoms in total. The van der Waals surface area contributed by atoms with Crippen molar-refractivity contribution >= 4 is 45.4 Å². The van der Waals surface area contributed by atoms with Crippen LogP contribution in [0.15, 0.2) is 65.6 Å². The van der Waals surface area contributed by atoms with Crippen LogP contribution in [0.25, 0.3) is 6.08 Å². The van der Waals surface area contributed by atoms with E-state index >= 15 is 0 Å². The molecular weight excluding hydrogens is 436 g/mol. The third kappa shape index (κ3) is 8.20. The fraction of sp³-hybridized carbons (Fsp3) is 0.273. The molecule has 0 bridgehead atoms. The zero-order valence-corrected chi connectivity index (χ0v) is 19.0. The summed E-state index contributed by atoms with van der Waals surface area (Å²) in [4.78, 5) is 24.3. The topological polar surface area (TPSA) is 102 Å². The quantitative estimate of drug-likeness (QED) is 0.392. The third-order valence-corrected chi connectivity index (χ3v) is 6.29. The van der Waals surface area contributed by atoms with Crippen molar-refractivity contribution in [1.29, 1.82) is 0 Å². The van der Waals surface area contributed by atoms with E-state index in [9.17, 15) is 18.0 Å². The highest BCUT2D eigenvalue weighted by Gasteiger charge is 2.25. The van der Waals surface area contributed by atoms with Gasteiger partial charge in [0.25, 0.3) is 0 Å². The van der Waals surface area contributed by atoms with E-state index in [1.165, 1.54) is 30.0 Å². The summed E-state index contributed by atoms with van der Waals surface area (Å²) in [6.07, 6.45) is 5.18. The summed E-state index contributed by atoms with van der Waals surface area (Å²) >= 11 is 1.53. The van der Waals surface area contributed by atoms with Gasteiger partial charge in [-0.2, -0.15) is 16.5 Å². The van der Waals surface area contributed by atoms with E-state index in [4.69, 9.17) is 4.74 Å². The molecule has 0 aliphatic carbocycles. The number of carbonyl (C=O) groups is 2. The highest BCUT2D eigenvalue weighted by molar-refractivity contribution is 7.98. The Hall–Kier alpha value is -2.62. The second-order valence-electron chi connectivity index (χ2n) is 6.47. The number of benzene rings is 2. The molecule has 1 amide bonds. The fourth-order valence-electron chi connectivity index (χ4n) is 2.60. The molecule has 0 saturated heterocycles. The minimum Gasteiger partial charge on any atom is -0.463 e. The predicted octanol–water partition coefficient (Wildman–Crippen LogP) is 3.30. The van der Waals surface area contributed by atoms with E-state index < -0.39 is 27.9 Å². The maximum Gasteiger partial charge on any atom is 0.330 e. The van der Waals surface area contributed by atoms with Gasteiger partial charge in [0.1, 0.15) is 6.04 Å². The van der Waals surface area contributed by atoms with Gasteiger partial charge in [0.2, 0.25) is 15.9 Å². The number of carbonyl (C=O) groups excluding carboxylic acids is 2. The molecule has 1 atom stereocenters.